The minimum atomic E-state index is -3.24. The summed E-state index contributed by atoms with van der Waals surface area (Å²) in [7, 11) is -1.75. The van der Waals surface area contributed by atoms with Crippen LogP contribution in [0, 0.1) is 11.3 Å². The van der Waals surface area contributed by atoms with E-state index in [2.05, 4.69) is 4.72 Å². The van der Waals surface area contributed by atoms with E-state index in [4.69, 9.17) is 9.47 Å². The van der Waals surface area contributed by atoms with Crippen LogP contribution in [0.3, 0.4) is 0 Å². The molecule has 7 nitrogen and oxygen atoms in total. The molecule has 2 fully saturated rings. The van der Waals surface area contributed by atoms with E-state index in [1.54, 1.807) is 4.90 Å². The maximum absolute atomic E-state index is 11.8. The smallest absolute Gasteiger partial charge is 0.248 e. The van der Waals surface area contributed by atoms with E-state index < -0.39 is 10.0 Å². The van der Waals surface area contributed by atoms with Crippen LogP contribution in [0.15, 0.2) is 0 Å². The Bertz CT molecular complexity index is 452. The zero-order valence-corrected chi connectivity index (χ0v) is 12.0. The highest BCUT2D eigenvalue weighted by molar-refractivity contribution is 7.88. The molecule has 0 aromatic carbocycles. The number of carbonyl (C=O) groups excluding carboxylic acids is 1. The number of nitrogens with zero attached hydrogens (tertiary/aromatic N) is 1. The lowest BCUT2D eigenvalue weighted by atomic mass is 9.81. The first-order valence-corrected chi connectivity index (χ1v) is 8.04. The molecule has 0 spiro atoms. The molecule has 0 radical (unpaired) electrons. The number of methoxy groups -OCH3 is 1. The predicted octanol–water partition coefficient (Wildman–Crippen LogP) is -1.34. The van der Waals surface area contributed by atoms with Crippen LogP contribution in [-0.2, 0) is 24.3 Å². The van der Waals surface area contributed by atoms with E-state index in [0.717, 1.165) is 6.26 Å². The average molecular weight is 292 g/mol. The standard InChI is InChI=1S/C11H20N2O5S/c1-17-5-10(14)13-3-9-4-18-8-11(9,7-13)6-12-19(2,15)16/h9,12H,3-8H2,1-2H3/t9-,11+/m1/s1. The van der Waals surface area contributed by atoms with Crippen LogP contribution in [-0.4, -0.2) is 72.0 Å². The third-order valence-corrected chi connectivity index (χ3v) is 4.50. The van der Waals surface area contributed by atoms with Crippen LogP contribution in [0.1, 0.15) is 0 Å². The van der Waals surface area contributed by atoms with Gasteiger partial charge in [0.25, 0.3) is 0 Å². The van der Waals surface area contributed by atoms with Crippen molar-refractivity contribution in [3.63, 3.8) is 0 Å². The highest BCUT2D eigenvalue weighted by Crippen LogP contribution is 2.40. The maximum Gasteiger partial charge on any atom is 0.248 e. The molecule has 2 aliphatic heterocycles. The number of likely N-dealkylation sites (tertiary alicyclic amines) is 1. The molecule has 2 heterocycles. The topological polar surface area (TPSA) is 84.9 Å². The predicted molar refractivity (Wildman–Crippen MR) is 68.0 cm³/mol. The molecule has 0 aliphatic carbocycles. The van der Waals surface area contributed by atoms with E-state index >= 15 is 0 Å². The van der Waals surface area contributed by atoms with E-state index in [0.29, 0.717) is 32.8 Å². The second-order valence-electron chi connectivity index (χ2n) is 5.37. The zero-order chi connectivity index (χ0) is 14.1. The molecule has 2 saturated heterocycles. The van der Waals surface area contributed by atoms with Crippen LogP contribution >= 0.6 is 0 Å². The molecule has 0 saturated carbocycles. The summed E-state index contributed by atoms with van der Waals surface area (Å²) in [4.78, 5) is 13.6. The van der Waals surface area contributed by atoms with Crippen molar-refractivity contribution in [1.29, 1.82) is 0 Å². The van der Waals surface area contributed by atoms with Crippen molar-refractivity contribution >= 4 is 15.9 Å². The van der Waals surface area contributed by atoms with Gasteiger partial charge in [0.15, 0.2) is 0 Å². The second-order valence-corrected chi connectivity index (χ2v) is 7.21. The van der Waals surface area contributed by atoms with E-state index in [9.17, 15) is 13.2 Å². The number of sulfonamides is 1. The number of carbonyl (C=O) groups is 1. The van der Waals surface area contributed by atoms with Gasteiger partial charge in [0.05, 0.1) is 19.5 Å². The maximum atomic E-state index is 11.8. The Morgan fingerprint density at radius 3 is 2.95 bits per heavy atom. The molecule has 8 heteroatoms. The van der Waals surface area contributed by atoms with Crippen LogP contribution in [0.25, 0.3) is 0 Å². The van der Waals surface area contributed by atoms with Gasteiger partial charge >= 0.3 is 0 Å². The fraction of sp³-hybridized carbons (Fsp3) is 0.909. The first-order valence-electron chi connectivity index (χ1n) is 6.15. The minimum Gasteiger partial charge on any atom is -0.380 e. The minimum absolute atomic E-state index is 0.0587. The molecule has 0 bridgehead atoms. The molecule has 0 aromatic rings. The van der Waals surface area contributed by atoms with E-state index in [1.807, 2.05) is 0 Å². The largest absolute Gasteiger partial charge is 0.380 e. The van der Waals surface area contributed by atoms with E-state index in [1.165, 1.54) is 7.11 Å². The van der Waals surface area contributed by atoms with Crippen molar-refractivity contribution in [3.8, 4) is 0 Å². The van der Waals surface area contributed by atoms with E-state index in [-0.39, 0.29) is 23.8 Å². The number of nitrogens with one attached hydrogen (secondary N) is 1. The summed E-state index contributed by atoms with van der Waals surface area (Å²) in [6, 6.07) is 0. The number of rotatable bonds is 5. The molecular formula is C11H20N2O5S. The van der Waals surface area contributed by atoms with Crippen molar-refractivity contribution < 1.29 is 22.7 Å². The third kappa shape index (κ3) is 3.25. The lowest BCUT2D eigenvalue weighted by molar-refractivity contribution is -0.134. The van der Waals surface area contributed by atoms with Crippen LogP contribution in [0.2, 0.25) is 0 Å². The molecule has 1 amide bonds. The van der Waals surface area contributed by atoms with Gasteiger partial charge in [-0.15, -0.1) is 0 Å². The van der Waals surface area contributed by atoms with Crippen LogP contribution in [0.4, 0.5) is 0 Å². The van der Waals surface area contributed by atoms with Gasteiger partial charge in [0.1, 0.15) is 6.61 Å². The van der Waals surface area contributed by atoms with Crippen molar-refractivity contribution in [1.82, 2.24) is 9.62 Å². The van der Waals surface area contributed by atoms with Gasteiger partial charge in [0.2, 0.25) is 15.9 Å². The van der Waals surface area contributed by atoms with Gasteiger partial charge in [-0.05, 0) is 0 Å². The Hall–Kier alpha value is -0.700. The number of hydrogen-bond donors (Lipinski definition) is 1. The van der Waals surface area contributed by atoms with Gasteiger partial charge < -0.3 is 14.4 Å². The van der Waals surface area contributed by atoms with Gasteiger partial charge in [0, 0.05) is 38.1 Å². The fourth-order valence-electron chi connectivity index (χ4n) is 2.76. The molecular weight excluding hydrogens is 272 g/mol. The number of fused-ring (bicyclic) bond motifs is 1. The Balaban J connectivity index is 2.04. The summed E-state index contributed by atoms with van der Waals surface area (Å²) in [5, 5.41) is 0. The quantitative estimate of drug-likeness (QED) is 0.678. The summed E-state index contributed by atoms with van der Waals surface area (Å²) in [5.41, 5.74) is -0.299. The van der Waals surface area contributed by atoms with Crippen molar-refractivity contribution in [3.05, 3.63) is 0 Å². The summed E-state index contributed by atoms with van der Waals surface area (Å²) < 4.78 is 35.3. The summed E-state index contributed by atoms with van der Waals surface area (Å²) in [5.74, 6) is 0.123. The molecule has 2 aliphatic rings. The second kappa shape index (κ2) is 5.35. The summed E-state index contributed by atoms with van der Waals surface area (Å²) in [6.45, 7) is 2.55. The molecule has 110 valence electrons. The van der Waals surface area contributed by atoms with Gasteiger partial charge in [-0.25, -0.2) is 13.1 Å². The van der Waals surface area contributed by atoms with Crippen molar-refractivity contribution in [2.45, 2.75) is 0 Å². The highest BCUT2D eigenvalue weighted by atomic mass is 32.2. The normalized spacial score (nSPS) is 30.6. The molecule has 2 rings (SSSR count). The summed E-state index contributed by atoms with van der Waals surface area (Å²) >= 11 is 0. The Kier molecular flexibility index (Phi) is 4.14. The van der Waals surface area contributed by atoms with Crippen molar-refractivity contribution in [2.75, 3.05) is 52.8 Å². The first-order chi connectivity index (χ1) is 8.86. The molecule has 0 unspecified atom stereocenters. The van der Waals surface area contributed by atoms with Gasteiger partial charge in [-0.1, -0.05) is 0 Å². The summed E-state index contributed by atoms with van der Waals surface area (Å²) in [6.07, 6.45) is 1.14. The highest BCUT2D eigenvalue weighted by Gasteiger charge is 2.51. The fourth-order valence-corrected chi connectivity index (χ4v) is 3.31. The monoisotopic (exact) mass is 292 g/mol. The SMILES string of the molecule is COCC(=O)N1C[C@@H]2COC[C@]2(CNS(C)(=O)=O)C1. The lowest BCUT2D eigenvalue weighted by Gasteiger charge is -2.26. The zero-order valence-electron chi connectivity index (χ0n) is 11.2. The Morgan fingerprint density at radius 1 is 1.58 bits per heavy atom. The van der Waals surface area contributed by atoms with Crippen LogP contribution < -0.4 is 4.72 Å². The number of amides is 1. The lowest BCUT2D eigenvalue weighted by Crippen LogP contribution is -2.43. The van der Waals surface area contributed by atoms with Gasteiger partial charge in [-0.3, -0.25) is 4.79 Å². The molecule has 19 heavy (non-hydrogen) atoms. The Morgan fingerprint density at radius 2 is 2.32 bits per heavy atom. The molecule has 1 N–H and O–H groups in total. The first kappa shape index (κ1) is 14.7. The Labute approximate surface area is 113 Å². The molecule has 0 aromatic heterocycles. The third-order valence-electron chi connectivity index (χ3n) is 3.83. The van der Waals surface area contributed by atoms with Crippen molar-refractivity contribution in [2.24, 2.45) is 11.3 Å². The average Bonchev–Trinajstić information content (AvgIpc) is 2.82. The number of ether oxygens (including phenoxy) is 2. The van der Waals surface area contributed by atoms with Gasteiger partial charge in [-0.2, -0.15) is 0 Å². The van der Waals surface area contributed by atoms with Crippen LogP contribution in [0.5, 0.6) is 0 Å². The number of hydrogen-bond acceptors (Lipinski definition) is 5. The molecule has 2 atom stereocenters.